The summed E-state index contributed by atoms with van der Waals surface area (Å²) in [6.07, 6.45) is 0. The molecule has 1 N–H and O–H groups in total. The van der Waals surface area contributed by atoms with E-state index in [1.54, 1.807) is 24.3 Å². The fourth-order valence-corrected chi connectivity index (χ4v) is 3.06. The monoisotopic (exact) mass is 321 g/mol. The molecule has 1 aliphatic heterocycles. The maximum absolute atomic E-state index is 11.8. The third kappa shape index (κ3) is 3.64. The summed E-state index contributed by atoms with van der Waals surface area (Å²) in [5, 5.41) is 7.72. The van der Waals surface area contributed by atoms with E-state index in [4.69, 9.17) is 4.74 Å². The van der Waals surface area contributed by atoms with Crippen LogP contribution in [-0.4, -0.2) is 28.0 Å². The first kappa shape index (κ1) is 16.0. The zero-order valence-corrected chi connectivity index (χ0v) is 13.1. The minimum absolute atomic E-state index is 0.274. The van der Waals surface area contributed by atoms with E-state index < -0.39 is 11.3 Å². The molecule has 0 bridgehead atoms. The number of nitrogens with one attached hydrogen (secondary N) is 1. The molecule has 0 aliphatic carbocycles. The van der Waals surface area contributed by atoms with Crippen molar-refractivity contribution < 1.29 is 19.1 Å². The number of benzene rings is 1. The van der Waals surface area contributed by atoms with Crippen LogP contribution in [0.3, 0.4) is 0 Å². The number of esters is 1. The number of thioether (sulfide) groups is 1. The molecule has 0 fully saturated rings. The van der Waals surface area contributed by atoms with Crippen molar-refractivity contribution in [2.75, 3.05) is 0 Å². The Morgan fingerprint density at radius 3 is 2.50 bits per heavy atom. The first-order valence-corrected chi connectivity index (χ1v) is 7.36. The summed E-state index contributed by atoms with van der Waals surface area (Å²) < 4.78 is 5.17. The molecular formula is C14H15N3O4S. The fraction of sp³-hybridized carbons (Fsp3) is 0.286. The van der Waals surface area contributed by atoms with E-state index in [1.165, 1.54) is 37.5 Å². The first-order chi connectivity index (χ1) is 10.4. The number of amides is 2. The number of nitrogens with zero attached hydrogens (tertiary/aromatic N) is 2. The number of rotatable bonds is 2. The largest absolute Gasteiger partial charge is 0.426 e. The van der Waals surface area contributed by atoms with Gasteiger partial charge in [-0.25, -0.2) is 5.01 Å². The standard InChI is InChI=1S/C14H15N3O4S/c1-8(18)15-14-16-17(9(2)19)13(22-14)11-6-4-5-7-12(11)21-10(3)20/h4-7,13H,1-3H3,(H,15,16,18). The van der Waals surface area contributed by atoms with E-state index in [-0.39, 0.29) is 11.8 Å². The summed E-state index contributed by atoms with van der Waals surface area (Å²) in [7, 11) is 0. The number of hydrazone groups is 1. The van der Waals surface area contributed by atoms with E-state index in [1.807, 2.05) is 0 Å². The van der Waals surface area contributed by atoms with Crippen LogP contribution >= 0.6 is 11.8 Å². The van der Waals surface area contributed by atoms with Crippen molar-refractivity contribution in [3.8, 4) is 5.75 Å². The Morgan fingerprint density at radius 2 is 1.91 bits per heavy atom. The Balaban J connectivity index is 2.34. The van der Waals surface area contributed by atoms with Gasteiger partial charge in [-0.3, -0.25) is 14.4 Å². The van der Waals surface area contributed by atoms with Crippen molar-refractivity contribution >= 4 is 34.7 Å². The quantitative estimate of drug-likeness (QED) is 0.660. The zero-order chi connectivity index (χ0) is 16.3. The maximum Gasteiger partial charge on any atom is 0.308 e. The molecule has 0 saturated heterocycles. The van der Waals surface area contributed by atoms with Crippen molar-refractivity contribution in [2.24, 2.45) is 5.10 Å². The van der Waals surface area contributed by atoms with Gasteiger partial charge in [0, 0.05) is 26.3 Å². The molecule has 1 unspecified atom stereocenters. The van der Waals surface area contributed by atoms with Crippen LogP contribution in [0.5, 0.6) is 5.75 Å². The van der Waals surface area contributed by atoms with Crippen molar-refractivity contribution in [3.05, 3.63) is 29.8 Å². The molecule has 22 heavy (non-hydrogen) atoms. The van der Waals surface area contributed by atoms with Crippen LogP contribution in [0.25, 0.3) is 0 Å². The third-order valence-corrected chi connectivity index (χ3v) is 3.77. The van der Waals surface area contributed by atoms with Crippen LogP contribution in [0, 0.1) is 0 Å². The van der Waals surface area contributed by atoms with Gasteiger partial charge in [-0.2, -0.15) is 0 Å². The van der Waals surface area contributed by atoms with Crippen LogP contribution < -0.4 is 10.1 Å². The highest BCUT2D eigenvalue weighted by molar-refractivity contribution is 8.14. The molecule has 0 aromatic heterocycles. The molecule has 1 heterocycles. The number of carbonyl (C=O) groups excluding carboxylic acids is 3. The van der Waals surface area contributed by atoms with Gasteiger partial charge >= 0.3 is 5.97 Å². The summed E-state index contributed by atoms with van der Waals surface area (Å²) in [6, 6.07) is 6.90. The molecule has 1 aromatic rings. The van der Waals surface area contributed by atoms with E-state index >= 15 is 0 Å². The minimum atomic E-state index is -0.505. The summed E-state index contributed by atoms with van der Waals surface area (Å²) in [5.41, 5.74) is 0.627. The number of amidine groups is 1. The van der Waals surface area contributed by atoms with Crippen molar-refractivity contribution in [1.29, 1.82) is 0 Å². The highest BCUT2D eigenvalue weighted by atomic mass is 32.2. The van der Waals surface area contributed by atoms with Gasteiger partial charge in [-0.1, -0.05) is 30.0 Å². The van der Waals surface area contributed by atoms with Crippen LogP contribution in [0.2, 0.25) is 0 Å². The number of para-hydroxylation sites is 1. The summed E-state index contributed by atoms with van der Waals surface area (Å²) in [4.78, 5) is 34.1. The Bertz CT molecular complexity index is 659. The van der Waals surface area contributed by atoms with Crippen LogP contribution in [-0.2, 0) is 14.4 Å². The molecule has 1 aromatic carbocycles. The lowest BCUT2D eigenvalue weighted by atomic mass is 10.2. The molecule has 2 rings (SSSR count). The van der Waals surface area contributed by atoms with Crippen LogP contribution in [0.4, 0.5) is 0 Å². The van der Waals surface area contributed by atoms with E-state index in [9.17, 15) is 14.4 Å². The highest BCUT2D eigenvalue weighted by Gasteiger charge is 2.34. The van der Waals surface area contributed by atoms with Crippen molar-refractivity contribution in [1.82, 2.24) is 10.3 Å². The van der Waals surface area contributed by atoms with E-state index in [2.05, 4.69) is 10.4 Å². The molecule has 1 atom stereocenters. The van der Waals surface area contributed by atoms with Gasteiger partial charge < -0.3 is 10.1 Å². The highest BCUT2D eigenvalue weighted by Crippen LogP contribution is 2.42. The number of carbonyl (C=O) groups is 3. The van der Waals surface area contributed by atoms with Crippen molar-refractivity contribution in [2.45, 2.75) is 26.1 Å². The van der Waals surface area contributed by atoms with Gasteiger partial charge in [0.1, 0.15) is 11.1 Å². The SMILES string of the molecule is CC(=O)NC1=NN(C(C)=O)C(c2ccccc2OC(C)=O)S1. The predicted molar refractivity (Wildman–Crippen MR) is 81.9 cm³/mol. The average molecular weight is 321 g/mol. The number of hydrogen-bond donors (Lipinski definition) is 1. The Hall–Kier alpha value is -2.35. The Morgan fingerprint density at radius 1 is 1.23 bits per heavy atom. The second kappa shape index (κ2) is 6.61. The molecule has 1 aliphatic rings. The van der Waals surface area contributed by atoms with Crippen molar-refractivity contribution in [3.63, 3.8) is 0 Å². The summed E-state index contributed by atoms with van der Waals surface area (Å²) >= 11 is 1.20. The lowest BCUT2D eigenvalue weighted by Gasteiger charge is -2.21. The van der Waals surface area contributed by atoms with Gasteiger partial charge in [0.25, 0.3) is 0 Å². The van der Waals surface area contributed by atoms with E-state index in [0.29, 0.717) is 16.5 Å². The number of ether oxygens (including phenoxy) is 1. The van der Waals surface area contributed by atoms with Gasteiger partial charge in [0.2, 0.25) is 11.8 Å². The third-order valence-electron chi connectivity index (χ3n) is 2.69. The lowest BCUT2D eigenvalue weighted by molar-refractivity contribution is -0.132. The average Bonchev–Trinajstić information content (AvgIpc) is 2.81. The summed E-state index contributed by atoms with van der Waals surface area (Å²) in [5.74, 6) is -0.648. The number of hydrogen-bond acceptors (Lipinski definition) is 6. The molecule has 8 heteroatoms. The molecule has 0 radical (unpaired) electrons. The lowest BCUT2D eigenvalue weighted by Crippen LogP contribution is -2.25. The topological polar surface area (TPSA) is 88.1 Å². The minimum Gasteiger partial charge on any atom is -0.426 e. The summed E-state index contributed by atoms with van der Waals surface area (Å²) in [6.45, 7) is 4.05. The Labute approximate surface area is 131 Å². The molecule has 116 valence electrons. The van der Waals surface area contributed by atoms with Gasteiger partial charge in [0.05, 0.1) is 0 Å². The fourth-order valence-electron chi connectivity index (χ4n) is 1.90. The molecule has 7 nitrogen and oxygen atoms in total. The van der Waals surface area contributed by atoms with Crippen LogP contribution in [0.15, 0.2) is 29.4 Å². The Kier molecular flexibility index (Phi) is 4.81. The van der Waals surface area contributed by atoms with Crippen LogP contribution in [0.1, 0.15) is 31.7 Å². The predicted octanol–water partition coefficient (Wildman–Crippen LogP) is 1.61. The molecular weight excluding hydrogens is 306 g/mol. The molecule has 2 amide bonds. The maximum atomic E-state index is 11.8. The van der Waals surface area contributed by atoms with Gasteiger partial charge in [-0.05, 0) is 6.07 Å². The van der Waals surface area contributed by atoms with E-state index in [0.717, 1.165) is 0 Å². The normalized spacial score (nSPS) is 17.0. The van der Waals surface area contributed by atoms with Gasteiger partial charge in [0.15, 0.2) is 5.17 Å². The second-order valence-electron chi connectivity index (χ2n) is 4.55. The first-order valence-electron chi connectivity index (χ1n) is 6.48. The zero-order valence-electron chi connectivity index (χ0n) is 12.3. The molecule has 0 spiro atoms. The van der Waals surface area contributed by atoms with Gasteiger partial charge in [-0.15, -0.1) is 5.10 Å². The smallest absolute Gasteiger partial charge is 0.308 e. The second-order valence-corrected chi connectivity index (χ2v) is 5.62. The molecule has 0 saturated carbocycles.